The van der Waals surface area contributed by atoms with Crippen LogP contribution in [0.4, 0.5) is 0 Å². The summed E-state index contributed by atoms with van der Waals surface area (Å²) in [6.07, 6.45) is 0.652. The zero-order valence-corrected chi connectivity index (χ0v) is 16.4. The molecule has 5 nitrogen and oxygen atoms in total. The Morgan fingerprint density at radius 1 is 1.41 bits per heavy atom. The van der Waals surface area contributed by atoms with Gasteiger partial charge in [-0.1, -0.05) is 29.8 Å². The molecule has 0 aliphatic heterocycles. The summed E-state index contributed by atoms with van der Waals surface area (Å²) in [4.78, 5) is 0.0998. The van der Waals surface area contributed by atoms with E-state index in [1.807, 2.05) is 20.8 Å². The van der Waals surface area contributed by atoms with Crippen LogP contribution in [-0.4, -0.2) is 27.6 Å². The Bertz CT molecular complexity index is 596. The molecule has 0 aliphatic carbocycles. The number of benzene rings is 1. The molecule has 1 unspecified atom stereocenters. The van der Waals surface area contributed by atoms with Gasteiger partial charge in [0.25, 0.3) is 0 Å². The van der Waals surface area contributed by atoms with Crippen LogP contribution in [0, 0.1) is 5.92 Å². The minimum atomic E-state index is -3.73. The molecule has 0 amide bonds. The molecule has 0 spiro atoms. The summed E-state index contributed by atoms with van der Waals surface area (Å²) >= 11 is 3.28. The van der Waals surface area contributed by atoms with Gasteiger partial charge in [0.2, 0.25) is 10.0 Å². The van der Waals surface area contributed by atoms with E-state index >= 15 is 0 Å². The zero-order valence-electron chi connectivity index (χ0n) is 13.2. The quantitative estimate of drug-likeness (QED) is 0.717. The maximum atomic E-state index is 12.7. The summed E-state index contributed by atoms with van der Waals surface area (Å²) in [5, 5.41) is 0. The van der Waals surface area contributed by atoms with E-state index in [9.17, 15) is 8.42 Å². The smallest absolute Gasteiger partial charge is 0.244 e. The summed E-state index contributed by atoms with van der Waals surface area (Å²) in [5.74, 6) is 0.625. The normalized spacial score (nSPS) is 14.3. The van der Waals surface area contributed by atoms with Crippen molar-refractivity contribution in [3.05, 3.63) is 22.7 Å². The first-order chi connectivity index (χ1) is 9.63. The predicted octanol–water partition coefficient (Wildman–Crippen LogP) is 2.92. The fourth-order valence-corrected chi connectivity index (χ4v) is 4.44. The Balaban J connectivity index is 0.00000441. The number of ether oxygens (including phenoxy) is 1. The monoisotopic (exact) mass is 414 g/mol. The molecule has 0 aromatic heterocycles. The molecule has 0 fully saturated rings. The molecule has 22 heavy (non-hydrogen) atoms. The van der Waals surface area contributed by atoms with Crippen LogP contribution in [0.3, 0.4) is 0 Å². The van der Waals surface area contributed by atoms with Crippen LogP contribution < -0.4 is 15.2 Å². The number of methoxy groups -OCH3 is 1. The average Bonchev–Trinajstić information content (AvgIpc) is 2.37. The van der Waals surface area contributed by atoms with Crippen LogP contribution in [-0.2, 0) is 10.0 Å². The molecule has 0 radical (unpaired) electrons. The SMILES string of the molecule is COc1ccc(Br)cc1S(=O)(=O)NC(C)(CN)CC(C)C.Cl. The van der Waals surface area contributed by atoms with Crippen LogP contribution in [0.1, 0.15) is 27.2 Å². The Labute approximate surface area is 147 Å². The molecular formula is C14H24BrClN2O3S. The van der Waals surface area contributed by atoms with Crippen molar-refractivity contribution in [3.63, 3.8) is 0 Å². The molecule has 1 rings (SSSR count). The van der Waals surface area contributed by atoms with E-state index in [0.29, 0.717) is 22.6 Å². The van der Waals surface area contributed by atoms with Crippen LogP contribution in [0.25, 0.3) is 0 Å². The third kappa shape index (κ3) is 5.70. The van der Waals surface area contributed by atoms with Gasteiger partial charge >= 0.3 is 0 Å². The van der Waals surface area contributed by atoms with Crippen LogP contribution >= 0.6 is 28.3 Å². The van der Waals surface area contributed by atoms with Crippen molar-refractivity contribution in [1.29, 1.82) is 0 Å². The van der Waals surface area contributed by atoms with E-state index in [2.05, 4.69) is 20.7 Å². The standard InChI is InChI=1S/C14H23BrN2O3S.ClH/c1-10(2)8-14(3,9-16)17-21(18,19)13-7-11(15)5-6-12(13)20-4;/h5-7,10,17H,8-9,16H2,1-4H3;1H. The van der Waals surface area contributed by atoms with E-state index in [1.165, 1.54) is 13.2 Å². The number of sulfonamides is 1. The van der Waals surface area contributed by atoms with Gasteiger partial charge in [-0.3, -0.25) is 0 Å². The van der Waals surface area contributed by atoms with Crippen molar-refractivity contribution < 1.29 is 13.2 Å². The fourth-order valence-electron chi connectivity index (χ4n) is 2.31. The van der Waals surface area contributed by atoms with Gasteiger partial charge in [-0.25, -0.2) is 13.1 Å². The van der Waals surface area contributed by atoms with E-state index in [-0.39, 0.29) is 23.8 Å². The van der Waals surface area contributed by atoms with Crippen molar-refractivity contribution >= 4 is 38.4 Å². The van der Waals surface area contributed by atoms with Gasteiger partial charge in [0.15, 0.2) is 0 Å². The summed E-state index contributed by atoms with van der Waals surface area (Å²) in [7, 11) is -2.28. The molecule has 8 heteroatoms. The minimum absolute atomic E-state index is 0. The molecule has 1 aromatic rings. The lowest BCUT2D eigenvalue weighted by Gasteiger charge is -2.31. The lowest BCUT2D eigenvalue weighted by atomic mass is 9.92. The van der Waals surface area contributed by atoms with Crippen LogP contribution in [0.15, 0.2) is 27.6 Å². The zero-order chi connectivity index (χ0) is 16.3. The van der Waals surface area contributed by atoms with Crippen LogP contribution in [0.2, 0.25) is 0 Å². The largest absolute Gasteiger partial charge is 0.495 e. The molecule has 3 N–H and O–H groups in total. The van der Waals surface area contributed by atoms with Crippen molar-refractivity contribution in [2.75, 3.05) is 13.7 Å². The maximum absolute atomic E-state index is 12.7. The molecule has 0 bridgehead atoms. The number of nitrogens with two attached hydrogens (primary N) is 1. The second-order valence-corrected chi connectivity index (χ2v) is 8.33. The van der Waals surface area contributed by atoms with Gasteiger partial charge in [-0.05, 0) is 37.5 Å². The molecule has 1 aromatic carbocycles. The van der Waals surface area contributed by atoms with E-state index in [4.69, 9.17) is 10.5 Å². The number of halogens is 2. The lowest BCUT2D eigenvalue weighted by molar-refractivity contribution is 0.343. The number of rotatable bonds is 7. The molecule has 0 heterocycles. The van der Waals surface area contributed by atoms with Gasteiger partial charge in [-0.2, -0.15) is 0 Å². The topological polar surface area (TPSA) is 81.4 Å². The highest BCUT2D eigenvalue weighted by atomic mass is 79.9. The molecule has 0 saturated heterocycles. The molecule has 0 saturated carbocycles. The lowest BCUT2D eigenvalue weighted by Crippen LogP contribution is -2.52. The minimum Gasteiger partial charge on any atom is -0.495 e. The van der Waals surface area contributed by atoms with E-state index in [1.54, 1.807) is 12.1 Å². The highest BCUT2D eigenvalue weighted by Gasteiger charge is 2.31. The Morgan fingerprint density at radius 2 is 2.00 bits per heavy atom. The maximum Gasteiger partial charge on any atom is 0.244 e. The number of nitrogens with one attached hydrogen (secondary N) is 1. The van der Waals surface area contributed by atoms with E-state index in [0.717, 1.165) is 0 Å². The van der Waals surface area contributed by atoms with Crippen LogP contribution in [0.5, 0.6) is 5.75 Å². The van der Waals surface area contributed by atoms with Gasteiger partial charge in [0.05, 0.1) is 7.11 Å². The third-order valence-electron chi connectivity index (χ3n) is 3.11. The average molecular weight is 416 g/mol. The van der Waals surface area contributed by atoms with Crippen molar-refractivity contribution in [3.8, 4) is 5.75 Å². The predicted molar refractivity (Wildman–Crippen MR) is 95.2 cm³/mol. The van der Waals surface area contributed by atoms with Gasteiger partial charge < -0.3 is 10.5 Å². The second kappa shape index (κ2) is 8.49. The molecule has 128 valence electrons. The van der Waals surface area contributed by atoms with Gasteiger partial charge in [0, 0.05) is 16.6 Å². The first-order valence-corrected chi connectivity index (χ1v) is 8.99. The third-order valence-corrected chi connectivity index (χ3v) is 5.26. The van der Waals surface area contributed by atoms with Crippen molar-refractivity contribution in [1.82, 2.24) is 4.72 Å². The first kappa shape index (κ1) is 21.7. The van der Waals surface area contributed by atoms with Gasteiger partial charge in [0.1, 0.15) is 10.6 Å². The molecule has 1 atom stereocenters. The summed E-state index contributed by atoms with van der Waals surface area (Å²) < 4.78 is 33.8. The van der Waals surface area contributed by atoms with Crippen molar-refractivity contribution in [2.24, 2.45) is 11.7 Å². The number of hydrogen-bond donors (Lipinski definition) is 2. The van der Waals surface area contributed by atoms with E-state index < -0.39 is 15.6 Å². The first-order valence-electron chi connectivity index (χ1n) is 6.71. The Hall–Kier alpha value is -0.340. The molecular weight excluding hydrogens is 392 g/mol. The summed E-state index contributed by atoms with van der Waals surface area (Å²) in [6.45, 7) is 6.10. The second-order valence-electron chi connectivity index (χ2n) is 5.76. The summed E-state index contributed by atoms with van der Waals surface area (Å²) in [6, 6.07) is 4.86. The highest BCUT2D eigenvalue weighted by Crippen LogP contribution is 2.29. The highest BCUT2D eigenvalue weighted by molar-refractivity contribution is 9.10. The summed E-state index contributed by atoms with van der Waals surface area (Å²) in [5.41, 5.74) is 5.08. The Kier molecular flexibility index (Phi) is 8.36. The Morgan fingerprint density at radius 3 is 2.45 bits per heavy atom. The van der Waals surface area contributed by atoms with Gasteiger partial charge in [-0.15, -0.1) is 12.4 Å². The number of hydrogen-bond acceptors (Lipinski definition) is 4. The molecule has 0 aliphatic rings. The van der Waals surface area contributed by atoms with Crippen molar-refractivity contribution in [2.45, 2.75) is 37.6 Å². The fraction of sp³-hybridized carbons (Fsp3) is 0.571.